The summed E-state index contributed by atoms with van der Waals surface area (Å²) in [6, 6.07) is 14.4. The lowest BCUT2D eigenvalue weighted by molar-refractivity contribution is -0.124. The summed E-state index contributed by atoms with van der Waals surface area (Å²) in [5.41, 5.74) is 5.95. The van der Waals surface area contributed by atoms with Crippen molar-refractivity contribution in [1.82, 2.24) is 16.2 Å². The van der Waals surface area contributed by atoms with Crippen LogP contribution in [0.2, 0.25) is 0 Å². The second-order valence-electron chi connectivity index (χ2n) is 5.78. The number of carbonyl (C=O) groups is 2. The number of aryl methyl sites for hydroxylation is 1. The first-order chi connectivity index (χ1) is 14.0. The number of thiocarbonyl (C=S) groups is 1. The molecule has 0 heterocycles. The molecule has 0 aromatic heterocycles. The Morgan fingerprint density at radius 2 is 1.55 bits per heavy atom. The fourth-order valence-corrected chi connectivity index (χ4v) is 2.37. The van der Waals surface area contributed by atoms with Crippen LogP contribution in [-0.2, 0) is 16.0 Å². The first kappa shape index (κ1) is 22.0. The third-order valence-corrected chi connectivity index (χ3v) is 3.90. The fraction of sp³-hybridized carbons (Fsp3) is 0.250. The van der Waals surface area contributed by atoms with Crippen molar-refractivity contribution in [3.63, 3.8) is 0 Å². The summed E-state index contributed by atoms with van der Waals surface area (Å²) in [7, 11) is 1.51. The smallest absolute Gasteiger partial charge is 0.276 e. The number of methoxy groups -OCH3 is 1. The van der Waals surface area contributed by atoms with E-state index in [1.165, 1.54) is 12.7 Å². The summed E-state index contributed by atoms with van der Waals surface area (Å²) in [4.78, 5) is 23.7. The molecule has 0 aliphatic carbocycles. The molecule has 3 N–H and O–H groups in total. The van der Waals surface area contributed by atoms with Crippen molar-refractivity contribution < 1.29 is 23.8 Å². The molecule has 29 heavy (non-hydrogen) atoms. The SMILES string of the molecule is CCc1ccc(OCC(=O)NNC(=S)NC(=O)COc2ccccc2OC)cc1. The van der Waals surface area contributed by atoms with E-state index in [2.05, 4.69) is 23.1 Å². The Morgan fingerprint density at radius 3 is 2.21 bits per heavy atom. The summed E-state index contributed by atoms with van der Waals surface area (Å²) < 4.78 is 15.9. The van der Waals surface area contributed by atoms with Crippen molar-refractivity contribution in [2.75, 3.05) is 20.3 Å². The average molecular weight is 417 g/mol. The molecular formula is C20H23N3O5S. The van der Waals surface area contributed by atoms with Gasteiger partial charge in [0.2, 0.25) is 0 Å². The Labute approximate surface area is 174 Å². The molecule has 0 spiro atoms. The van der Waals surface area contributed by atoms with Crippen molar-refractivity contribution in [1.29, 1.82) is 0 Å². The summed E-state index contributed by atoms with van der Waals surface area (Å²) in [6.07, 6.45) is 0.928. The van der Waals surface area contributed by atoms with Gasteiger partial charge in [-0.1, -0.05) is 31.2 Å². The number of hydrogen-bond donors (Lipinski definition) is 3. The van der Waals surface area contributed by atoms with Gasteiger partial charge in [0, 0.05) is 0 Å². The highest BCUT2D eigenvalue weighted by molar-refractivity contribution is 7.80. The largest absolute Gasteiger partial charge is 0.493 e. The van der Waals surface area contributed by atoms with E-state index >= 15 is 0 Å². The van der Waals surface area contributed by atoms with Gasteiger partial charge in [-0.05, 0) is 48.5 Å². The zero-order chi connectivity index (χ0) is 21.1. The van der Waals surface area contributed by atoms with Crippen LogP contribution in [0.4, 0.5) is 0 Å². The Kier molecular flexibility index (Phi) is 8.71. The molecule has 9 heteroatoms. The normalized spacial score (nSPS) is 9.86. The standard InChI is InChI=1S/C20H23N3O5S/c1-3-14-8-10-15(11-9-14)27-13-19(25)22-23-20(29)21-18(24)12-28-17-7-5-4-6-16(17)26-2/h4-11H,3,12-13H2,1-2H3,(H,22,25)(H2,21,23,24,29). The van der Waals surface area contributed by atoms with Crippen LogP contribution in [0.5, 0.6) is 17.2 Å². The highest BCUT2D eigenvalue weighted by Crippen LogP contribution is 2.25. The lowest BCUT2D eigenvalue weighted by atomic mass is 10.2. The lowest BCUT2D eigenvalue weighted by Crippen LogP contribution is -2.50. The van der Waals surface area contributed by atoms with E-state index in [-0.39, 0.29) is 18.3 Å². The van der Waals surface area contributed by atoms with Crippen LogP contribution in [0.25, 0.3) is 0 Å². The Bertz CT molecular complexity index is 842. The highest BCUT2D eigenvalue weighted by atomic mass is 32.1. The maximum absolute atomic E-state index is 11.9. The van der Waals surface area contributed by atoms with Crippen LogP contribution < -0.4 is 30.4 Å². The number of hydrazine groups is 1. The van der Waals surface area contributed by atoms with Gasteiger partial charge in [-0.15, -0.1) is 0 Å². The summed E-state index contributed by atoms with van der Waals surface area (Å²) in [6.45, 7) is 1.58. The fourth-order valence-electron chi connectivity index (χ4n) is 2.21. The number of ether oxygens (including phenoxy) is 3. The molecule has 2 amide bonds. The van der Waals surface area contributed by atoms with E-state index in [0.29, 0.717) is 17.2 Å². The molecule has 0 unspecified atom stereocenters. The van der Waals surface area contributed by atoms with E-state index in [9.17, 15) is 9.59 Å². The molecular weight excluding hydrogens is 394 g/mol. The molecule has 0 radical (unpaired) electrons. The van der Waals surface area contributed by atoms with Gasteiger partial charge < -0.3 is 14.2 Å². The van der Waals surface area contributed by atoms with Crippen LogP contribution in [-0.4, -0.2) is 37.3 Å². The van der Waals surface area contributed by atoms with Gasteiger partial charge in [0.1, 0.15) is 5.75 Å². The summed E-state index contributed by atoms with van der Waals surface area (Å²) in [5.74, 6) is 0.585. The topological polar surface area (TPSA) is 97.9 Å². The van der Waals surface area contributed by atoms with E-state index in [1.54, 1.807) is 36.4 Å². The van der Waals surface area contributed by atoms with Crippen molar-refractivity contribution in [2.45, 2.75) is 13.3 Å². The third kappa shape index (κ3) is 7.67. The first-order valence-electron chi connectivity index (χ1n) is 8.88. The van der Waals surface area contributed by atoms with Gasteiger partial charge in [0.15, 0.2) is 29.8 Å². The molecule has 154 valence electrons. The predicted molar refractivity (Wildman–Crippen MR) is 112 cm³/mol. The number of amides is 2. The molecule has 8 nitrogen and oxygen atoms in total. The van der Waals surface area contributed by atoms with Crippen molar-refractivity contribution in [3.05, 3.63) is 54.1 Å². The van der Waals surface area contributed by atoms with Gasteiger partial charge >= 0.3 is 0 Å². The molecule has 2 aromatic rings. The minimum atomic E-state index is -0.491. The number of nitrogens with one attached hydrogen (secondary N) is 3. The number of hydrogen-bond acceptors (Lipinski definition) is 6. The molecule has 0 saturated carbocycles. The maximum Gasteiger partial charge on any atom is 0.276 e. The molecule has 0 atom stereocenters. The van der Waals surface area contributed by atoms with Crippen molar-refractivity contribution in [3.8, 4) is 17.2 Å². The van der Waals surface area contributed by atoms with Crippen LogP contribution in [0.15, 0.2) is 48.5 Å². The Morgan fingerprint density at radius 1 is 0.897 bits per heavy atom. The minimum Gasteiger partial charge on any atom is -0.493 e. The number of rotatable bonds is 8. The van der Waals surface area contributed by atoms with Gasteiger partial charge in [0.25, 0.3) is 11.8 Å². The molecule has 2 rings (SSSR count). The van der Waals surface area contributed by atoms with E-state index in [4.69, 9.17) is 26.4 Å². The maximum atomic E-state index is 11.9. The molecule has 0 saturated heterocycles. The van der Waals surface area contributed by atoms with Crippen LogP contribution in [0.1, 0.15) is 12.5 Å². The van der Waals surface area contributed by atoms with E-state index < -0.39 is 11.8 Å². The first-order valence-corrected chi connectivity index (χ1v) is 9.29. The monoisotopic (exact) mass is 417 g/mol. The van der Waals surface area contributed by atoms with Gasteiger partial charge in [0.05, 0.1) is 7.11 Å². The molecule has 2 aromatic carbocycles. The highest BCUT2D eigenvalue weighted by Gasteiger charge is 2.09. The zero-order valence-electron chi connectivity index (χ0n) is 16.2. The zero-order valence-corrected chi connectivity index (χ0v) is 17.0. The Hall–Kier alpha value is -3.33. The number of para-hydroxylation sites is 2. The quantitative estimate of drug-likeness (QED) is 0.445. The summed E-state index contributed by atoms with van der Waals surface area (Å²) >= 11 is 4.95. The van der Waals surface area contributed by atoms with Crippen molar-refractivity contribution >= 4 is 29.1 Å². The predicted octanol–water partition coefficient (Wildman–Crippen LogP) is 1.74. The third-order valence-electron chi connectivity index (χ3n) is 3.70. The summed E-state index contributed by atoms with van der Waals surface area (Å²) in [5, 5.41) is 2.32. The van der Waals surface area contributed by atoms with Crippen LogP contribution in [0.3, 0.4) is 0 Å². The minimum absolute atomic E-state index is 0.0701. The van der Waals surface area contributed by atoms with Crippen molar-refractivity contribution in [2.24, 2.45) is 0 Å². The average Bonchev–Trinajstić information content (AvgIpc) is 2.75. The number of benzene rings is 2. The second kappa shape index (κ2) is 11.5. The molecule has 0 fully saturated rings. The number of carbonyl (C=O) groups excluding carboxylic acids is 2. The van der Waals surface area contributed by atoms with Gasteiger partial charge in [-0.2, -0.15) is 0 Å². The van der Waals surface area contributed by atoms with Gasteiger partial charge in [-0.25, -0.2) is 0 Å². The van der Waals surface area contributed by atoms with E-state index in [1.807, 2.05) is 12.1 Å². The Balaban J connectivity index is 1.66. The van der Waals surface area contributed by atoms with Crippen LogP contribution >= 0.6 is 12.2 Å². The molecule has 0 aliphatic heterocycles. The molecule has 0 bridgehead atoms. The second-order valence-corrected chi connectivity index (χ2v) is 6.18. The van der Waals surface area contributed by atoms with Crippen LogP contribution in [0, 0.1) is 0 Å². The lowest BCUT2D eigenvalue weighted by Gasteiger charge is -2.13. The molecule has 0 aliphatic rings. The van der Waals surface area contributed by atoms with E-state index in [0.717, 1.165) is 6.42 Å². The van der Waals surface area contributed by atoms with Gasteiger partial charge in [-0.3, -0.25) is 25.8 Å².